The van der Waals surface area contributed by atoms with Gasteiger partial charge in [0.1, 0.15) is 0 Å². The van der Waals surface area contributed by atoms with E-state index in [9.17, 15) is 0 Å². The van der Waals surface area contributed by atoms with Crippen LogP contribution in [-0.2, 0) is 0 Å². The smallest absolute Gasteiger partial charge is 1.00 e. The molecule has 0 aromatic carbocycles. The molecule has 1 N–H and O–H groups in total. The van der Waals surface area contributed by atoms with Gasteiger partial charge in [0, 0.05) is 6.61 Å². The molecule has 7 heavy (non-hydrogen) atoms. The molecule has 0 rings (SSSR count). The van der Waals surface area contributed by atoms with Gasteiger partial charge in [-0.2, -0.15) is 0 Å². The van der Waals surface area contributed by atoms with Gasteiger partial charge in [-0.25, -0.2) is 0 Å². The number of hydrogen-bond donors (Lipinski definition) is 1. The Bertz CT molecular complexity index is 12.9. The van der Waals surface area contributed by atoms with Crippen LogP contribution < -0.4 is 37.2 Å². The van der Waals surface area contributed by atoms with Crippen molar-refractivity contribution in [3.05, 3.63) is 0 Å². The zero-order chi connectivity index (χ0) is 2.71. The summed E-state index contributed by atoms with van der Waals surface area (Å²) in [6.45, 7) is 1.93. The molecule has 0 aromatic rings. The quantitative estimate of drug-likeness (QED) is 0.366. The minimum absolute atomic E-state index is 0. The predicted molar refractivity (Wildman–Crippen MR) is 18.5 cm³/mol. The fourth-order valence-electron chi connectivity index (χ4n) is 0. The van der Waals surface area contributed by atoms with Crippen molar-refractivity contribution in [3.63, 3.8) is 0 Å². The maximum absolute atomic E-state index is 7.57. The maximum Gasteiger partial charge on any atom is 3.00 e. The molecule has 0 unspecified atom stereocenters. The molecule has 0 aliphatic heterocycles. The second kappa shape index (κ2) is 53.4. The summed E-state index contributed by atoms with van der Waals surface area (Å²) in [6.07, 6.45) is 0. The van der Waals surface area contributed by atoms with Crippen molar-refractivity contribution in [2.45, 2.75) is 6.92 Å². The van der Waals surface area contributed by atoms with Crippen molar-refractivity contribution in [1.29, 1.82) is 0 Å². The number of rotatable bonds is 0. The summed E-state index contributed by atoms with van der Waals surface area (Å²) in [6, 6.07) is 0. The normalized spacial score (nSPS) is 2.57. The third-order valence-corrected chi connectivity index (χ3v) is 0. The average Bonchev–Trinajstić information content (AvgIpc) is 0.918. The van der Waals surface area contributed by atoms with Crippen LogP contribution >= 0.6 is 0 Å². The van der Waals surface area contributed by atoms with E-state index in [1.807, 2.05) is 0 Å². The van der Waals surface area contributed by atoms with Crippen LogP contribution in [0.2, 0.25) is 0 Å². The van der Waals surface area contributed by atoms with Gasteiger partial charge in [-0.05, 0) is 6.92 Å². The Morgan fingerprint density at radius 2 is 1.14 bits per heavy atom. The molecule has 44 valence electrons. The third kappa shape index (κ3) is 114. The van der Waals surface area contributed by atoms with E-state index >= 15 is 0 Å². The maximum atomic E-state index is 7.57. The van der Waals surface area contributed by atoms with Gasteiger partial charge in [-0.1, -0.05) is 0 Å². The van der Waals surface area contributed by atoms with E-state index in [0.29, 0.717) is 0 Å². The van der Waals surface area contributed by atoms with E-state index in [4.69, 9.17) is 5.11 Å². The van der Waals surface area contributed by atoms with Crippen LogP contribution in [-0.4, -0.2) is 29.1 Å². The van der Waals surface area contributed by atoms with Gasteiger partial charge < -0.3 is 42.3 Å². The minimum Gasteiger partial charge on any atom is -1.00 e. The molecule has 0 aliphatic carbocycles. The third-order valence-electron chi connectivity index (χ3n) is 0. The molecule has 0 bridgehead atoms. The molecule has 0 saturated carbocycles. The summed E-state index contributed by atoms with van der Waals surface area (Å²) in [5.41, 5.74) is 0. The van der Waals surface area contributed by atoms with Gasteiger partial charge in [0.15, 0.2) is 0 Å². The Hall–Kier alpha value is 1.36. The fraction of sp³-hybridized carbons (Fsp3) is 1.00. The van der Waals surface area contributed by atoms with Crippen molar-refractivity contribution in [1.82, 2.24) is 0 Å². The van der Waals surface area contributed by atoms with E-state index in [1.165, 1.54) is 0 Å². The number of aliphatic hydroxyl groups is 1. The van der Waals surface area contributed by atoms with E-state index in [2.05, 4.69) is 0 Å². The zero-order valence-electron chi connectivity index (χ0n) is 3.87. The molecular formula is C2H6AlCl3O. The van der Waals surface area contributed by atoms with Crippen LogP contribution in [0.1, 0.15) is 6.92 Å². The van der Waals surface area contributed by atoms with Crippen LogP contribution in [0.5, 0.6) is 0 Å². The second-order valence-electron chi connectivity index (χ2n) is 0.316. The molecule has 0 heterocycles. The van der Waals surface area contributed by atoms with Crippen molar-refractivity contribution in [2.24, 2.45) is 0 Å². The Morgan fingerprint density at radius 1 is 1.14 bits per heavy atom. The van der Waals surface area contributed by atoms with Crippen LogP contribution in [0, 0.1) is 0 Å². The summed E-state index contributed by atoms with van der Waals surface area (Å²) in [4.78, 5) is 0. The van der Waals surface area contributed by atoms with Crippen LogP contribution in [0.3, 0.4) is 0 Å². The molecule has 0 aliphatic rings. The predicted octanol–water partition coefficient (Wildman–Crippen LogP) is -9.37. The molecule has 0 spiro atoms. The molecule has 0 atom stereocenters. The molecule has 0 fully saturated rings. The largest absolute Gasteiger partial charge is 3.00 e. The molecule has 0 aromatic heterocycles. The van der Waals surface area contributed by atoms with Gasteiger partial charge in [-0.15, -0.1) is 0 Å². The Balaban J connectivity index is -0.00000000333. The first kappa shape index (κ1) is 40.1. The molecular weight excluding hydrogens is 173 g/mol. The summed E-state index contributed by atoms with van der Waals surface area (Å²) < 4.78 is 0. The summed E-state index contributed by atoms with van der Waals surface area (Å²) >= 11 is 0. The van der Waals surface area contributed by atoms with Crippen molar-refractivity contribution < 1.29 is 42.3 Å². The molecule has 0 amide bonds. The van der Waals surface area contributed by atoms with Gasteiger partial charge in [0.25, 0.3) is 0 Å². The van der Waals surface area contributed by atoms with Crippen molar-refractivity contribution in [3.8, 4) is 0 Å². The van der Waals surface area contributed by atoms with Gasteiger partial charge in [0.05, 0.1) is 0 Å². The first-order valence-corrected chi connectivity index (χ1v) is 1.02. The van der Waals surface area contributed by atoms with Crippen LogP contribution in [0.15, 0.2) is 0 Å². The zero-order valence-corrected chi connectivity index (χ0v) is 7.29. The SMILES string of the molecule is CCO.[Al+3].[Cl-].[Cl-].[Cl-]. The summed E-state index contributed by atoms with van der Waals surface area (Å²) in [5.74, 6) is 0. The average molecular weight is 179 g/mol. The molecule has 0 radical (unpaired) electrons. The van der Waals surface area contributed by atoms with Crippen LogP contribution in [0.4, 0.5) is 0 Å². The Morgan fingerprint density at radius 3 is 1.14 bits per heavy atom. The second-order valence-corrected chi connectivity index (χ2v) is 0.316. The Kier molecular flexibility index (Phi) is 306. The molecule has 5 heteroatoms. The first-order valence-electron chi connectivity index (χ1n) is 1.02. The van der Waals surface area contributed by atoms with Gasteiger partial charge >= 0.3 is 17.4 Å². The first-order chi connectivity index (χ1) is 1.41. The fourth-order valence-corrected chi connectivity index (χ4v) is 0. The number of aliphatic hydroxyl groups excluding tert-OH is 1. The number of halogens is 3. The van der Waals surface area contributed by atoms with E-state index in [-0.39, 0.29) is 61.2 Å². The number of hydrogen-bond acceptors (Lipinski definition) is 1. The minimum atomic E-state index is 0. The van der Waals surface area contributed by atoms with Gasteiger partial charge in [-0.3, -0.25) is 0 Å². The molecule has 1 nitrogen and oxygen atoms in total. The standard InChI is InChI=1S/C2H6O.Al.3ClH/c1-2-3;;;;/h3H,2H2,1H3;;3*1H/q;+3;;;/p-3. The monoisotopic (exact) mass is 178 g/mol. The van der Waals surface area contributed by atoms with Crippen molar-refractivity contribution >= 4 is 17.4 Å². The van der Waals surface area contributed by atoms with Gasteiger partial charge in [0.2, 0.25) is 0 Å². The van der Waals surface area contributed by atoms with Crippen LogP contribution in [0.25, 0.3) is 0 Å². The molecule has 0 saturated heterocycles. The van der Waals surface area contributed by atoms with E-state index in [0.717, 1.165) is 0 Å². The summed E-state index contributed by atoms with van der Waals surface area (Å²) in [7, 11) is 0. The summed E-state index contributed by atoms with van der Waals surface area (Å²) in [5, 5.41) is 7.57. The Labute approximate surface area is 73.2 Å². The van der Waals surface area contributed by atoms with E-state index < -0.39 is 0 Å². The van der Waals surface area contributed by atoms with Crippen molar-refractivity contribution in [2.75, 3.05) is 6.61 Å². The topological polar surface area (TPSA) is 20.2 Å². The van der Waals surface area contributed by atoms with E-state index in [1.54, 1.807) is 6.92 Å².